The van der Waals surface area contributed by atoms with E-state index < -0.39 is 0 Å². The summed E-state index contributed by atoms with van der Waals surface area (Å²) in [5.74, 6) is 1.80. The molecule has 1 atom stereocenters. The van der Waals surface area contributed by atoms with Gasteiger partial charge in [0, 0.05) is 16.1 Å². The maximum absolute atomic E-state index is 5.94. The van der Waals surface area contributed by atoms with Gasteiger partial charge in [0.1, 0.15) is 5.75 Å². The van der Waals surface area contributed by atoms with Crippen LogP contribution in [-0.2, 0) is 0 Å². The fourth-order valence-corrected chi connectivity index (χ4v) is 2.24. The molecule has 94 valence electrons. The van der Waals surface area contributed by atoms with Crippen molar-refractivity contribution < 1.29 is 4.74 Å². The Kier molecular flexibility index (Phi) is 4.46. The van der Waals surface area contributed by atoms with Crippen LogP contribution in [-0.4, -0.2) is 13.2 Å². The highest BCUT2D eigenvalue weighted by Crippen LogP contribution is 2.33. The van der Waals surface area contributed by atoms with E-state index in [1.807, 2.05) is 0 Å². The first kappa shape index (κ1) is 12.9. The van der Waals surface area contributed by atoms with Crippen molar-refractivity contribution in [3.63, 3.8) is 0 Å². The molecular formula is C14H20BrNO. The molecule has 1 unspecified atom stereocenters. The molecule has 1 saturated carbocycles. The van der Waals surface area contributed by atoms with Gasteiger partial charge in [0.25, 0.3) is 0 Å². The third-order valence-electron chi connectivity index (χ3n) is 3.12. The first-order valence-electron chi connectivity index (χ1n) is 6.36. The molecule has 3 heteroatoms. The van der Waals surface area contributed by atoms with Gasteiger partial charge in [0.15, 0.2) is 0 Å². The molecule has 2 nitrogen and oxygen atoms in total. The summed E-state index contributed by atoms with van der Waals surface area (Å²) in [7, 11) is 0. The summed E-state index contributed by atoms with van der Waals surface area (Å²) < 4.78 is 7.02. The van der Waals surface area contributed by atoms with E-state index in [9.17, 15) is 0 Å². The summed E-state index contributed by atoms with van der Waals surface area (Å²) in [5.41, 5.74) is 1.25. The Morgan fingerprint density at radius 1 is 1.47 bits per heavy atom. The Morgan fingerprint density at radius 2 is 2.24 bits per heavy atom. The van der Waals surface area contributed by atoms with Crippen molar-refractivity contribution in [3.05, 3.63) is 28.2 Å². The number of halogens is 1. The lowest BCUT2D eigenvalue weighted by Gasteiger charge is -2.18. The van der Waals surface area contributed by atoms with Crippen molar-refractivity contribution in [1.82, 2.24) is 5.32 Å². The number of rotatable bonds is 6. The molecule has 2 rings (SSSR count). The number of nitrogens with one attached hydrogen (secondary N) is 1. The Hall–Kier alpha value is -0.540. The quantitative estimate of drug-likeness (QED) is 0.860. The minimum Gasteiger partial charge on any atom is -0.493 e. The van der Waals surface area contributed by atoms with Gasteiger partial charge in [-0.1, -0.05) is 28.9 Å². The second kappa shape index (κ2) is 5.87. The zero-order chi connectivity index (χ0) is 12.3. The van der Waals surface area contributed by atoms with Gasteiger partial charge in [-0.15, -0.1) is 0 Å². The van der Waals surface area contributed by atoms with Crippen molar-refractivity contribution in [2.24, 2.45) is 5.92 Å². The number of ether oxygens (including phenoxy) is 1. The van der Waals surface area contributed by atoms with Crippen LogP contribution in [0.5, 0.6) is 5.75 Å². The maximum atomic E-state index is 5.94. The standard InChI is InChI=1S/C14H20BrNO/c1-3-16-10(2)13-7-6-12(15)8-14(13)17-9-11-4-5-11/h6-8,10-11,16H,3-5,9H2,1-2H3. The van der Waals surface area contributed by atoms with E-state index in [0.29, 0.717) is 6.04 Å². The molecule has 0 radical (unpaired) electrons. The van der Waals surface area contributed by atoms with Crippen LogP contribution in [0.4, 0.5) is 0 Å². The second-order valence-electron chi connectivity index (χ2n) is 4.72. The zero-order valence-corrected chi connectivity index (χ0v) is 12.1. The molecule has 0 aliphatic heterocycles. The second-order valence-corrected chi connectivity index (χ2v) is 5.63. The van der Waals surface area contributed by atoms with Gasteiger partial charge < -0.3 is 10.1 Å². The average Bonchev–Trinajstić information content (AvgIpc) is 3.10. The van der Waals surface area contributed by atoms with Gasteiger partial charge in [-0.05, 0) is 44.4 Å². The van der Waals surface area contributed by atoms with Crippen molar-refractivity contribution in [2.45, 2.75) is 32.7 Å². The minimum absolute atomic E-state index is 0.335. The molecule has 0 saturated heterocycles. The molecule has 1 aliphatic rings. The van der Waals surface area contributed by atoms with Crippen LogP contribution in [0.3, 0.4) is 0 Å². The molecule has 1 aliphatic carbocycles. The smallest absolute Gasteiger partial charge is 0.125 e. The van der Waals surface area contributed by atoms with E-state index in [1.54, 1.807) is 0 Å². The molecule has 1 fully saturated rings. The Morgan fingerprint density at radius 3 is 2.88 bits per heavy atom. The SMILES string of the molecule is CCNC(C)c1ccc(Br)cc1OCC1CC1. The molecule has 1 aromatic rings. The largest absolute Gasteiger partial charge is 0.493 e. The molecular weight excluding hydrogens is 278 g/mol. The lowest BCUT2D eigenvalue weighted by atomic mass is 10.1. The van der Waals surface area contributed by atoms with Crippen molar-refractivity contribution in [2.75, 3.05) is 13.2 Å². The highest BCUT2D eigenvalue weighted by molar-refractivity contribution is 9.10. The van der Waals surface area contributed by atoms with Crippen LogP contribution in [0.1, 0.15) is 38.3 Å². The summed E-state index contributed by atoms with van der Waals surface area (Å²) in [6.07, 6.45) is 2.65. The summed E-state index contributed by atoms with van der Waals surface area (Å²) in [4.78, 5) is 0. The van der Waals surface area contributed by atoms with E-state index in [1.165, 1.54) is 18.4 Å². The summed E-state index contributed by atoms with van der Waals surface area (Å²) in [5, 5.41) is 3.43. The summed E-state index contributed by atoms with van der Waals surface area (Å²) in [6.45, 7) is 6.14. The molecule has 0 spiro atoms. The van der Waals surface area contributed by atoms with Crippen LogP contribution in [0, 0.1) is 5.92 Å². The van der Waals surface area contributed by atoms with Crippen molar-refractivity contribution >= 4 is 15.9 Å². The number of hydrogen-bond acceptors (Lipinski definition) is 2. The topological polar surface area (TPSA) is 21.3 Å². The molecule has 17 heavy (non-hydrogen) atoms. The molecule has 0 aromatic heterocycles. The first-order chi connectivity index (χ1) is 8.20. The molecule has 0 heterocycles. The zero-order valence-electron chi connectivity index (χ0n) is 10.5. The summed E-state index contributed by atoms with van der Waals surface area (Å²) >= 11 is 3.51. The van der Waals surface area contributed by atoms with Gasteiger partial charge in [-0.3, -0.25) is 0 Å². The number of hydrogen-bond donors (Lipinski definition) is 1. The monoisotopic (exact) mass is 297 g/mol. The molecule has 0 amide bonds. The van der Waals surface area contributed by atoms with Crippen molar-refractivity contribution in [3.8, 4) is 5.75 Å². The predicted octanol–water partition coefficient (Wildman–Crippen LogP) is 3.91. The lowest BCUT2D eigenvalue weighted by Crippen LogP contribution is -2.18. The van der Waals surface area contributed by atoms with Crippen LogP contribution in [0.25, 0.3) is 0 Å². The van der Waals surface area contributed by atoms with Gasteiger partial charge in [0.2, 0.25) is 0 Å². The molecule has 1 N–H and O–H groups in total. The summed E-state index contributed by atoms with van der Waals surface area (Å²) in [6, 6.07) is 6.63. The van der Waals surface area contributed by atoms with Gasteiger partial charge >= 0.3 is 0 Å². The Balaban J connectivity index is 2.10. The van der Waals surface area contributed by atoms with E-state index in [2.05, 4.69) is 53.3 Å². The third-order valence-corrected chi connectivity index (χ3v) is 3.62. The fraction of sp³-hybridized carbons (Fsp3) is 0.571. The van der Waals surface area contributed by atoms with Crippen molar-refractivity contribution in [1.29, 1.82) is 0 Å². The molecule has 0 bridgehead atoms. The van der Waals surface area contributed by atoms with Gasteiger partial charge in [-0.25, -0.2) is 0 Å². The van der Waals surface area contributed by atoms with E-state index in [4.69, 9.17) is 4.74 Å². The van der Waals surface area contributed by atoms with Gasteiger partial charge in [-0.2, -0.15) is 0 Å². The fourth-order valence-electron chi connectivity index (χ4n) is 1.90. The van der Waals surface area contributed by atoms with E-state index in [-0.39, 0.29) is 0 Å². The number of benzene rings is 1. The van der Waals surface area contributed by atoms with Crippen LogP contribution in [0.2, 0.25) is 0 Å². The highest BCUT2D eigenvalue weighted by atomic mass is 79.9. The lowest BCUT2D eigenvalue weighted by molar-refractivity contribution is 0.294. The predicted molar refractivity (Wildman–Crippen MR) is 74.5 cm³/mol. The third kappa shape index (κ3) is 3.71. The maximum Gasteiger partial charge on any atom is 0.125 e. The normalized spacial score (nSPS) is 16.9. The van der Waals surface area contributed by atoms with Crippen LogP contribution < -0.4 is 10.1 Å². The average molecular weight is 298 g/mol. The Labute approximate surface area is 112 Å². The van der Waals surface area contributed by atoms with Gasteiger partial charge in [0.05, 0.1) is 6.61 Å². The van der Waals surface area contributed by atoms with Crippen LogP contribution in [0.15, 0.2) is 22.7 Å². The highest BCUT2D eigenvalue weighted by Gasteiger charge is 2.22. The van der Waals surface area contributed by atoms with E-state index >= 15 is 0 Å². The van der Waals surface area contributed by atoms with E-state index in [0.717, 1.165) is 29.3 Å². The van der Waals surface area contributed by atoms with Crippen LogP contribution >= 0.6 is 15.9 Å². The Bertz CT molecular complexity index is 376. The first-order valence-corrected chi connectivity index (χ1v) is 7.15. The minimum atomic E-state index is 0.335. The molecule has 1 aromatic carbocycles.